The van der Waals surface area contributed by atoms with E-state index in [1.54, 1.807) is 0 Å². The van der Waals surface area contributed by atoms with Crippen LogP contribution in [0.5, 0.6) is 0 Å². The molecule has 1 aromatic heterocycles. The van der Waals surface area contributed by atoms with Gasteiger partial charge in [0.1, 0.15) is 0 Å². The van der Waals surface area contributed by atoms with Crippen molar-refractivity contribution in [2.45, 2.75) is 0 Å². The largest absolute Gasteiger partial charge is 0.351 e. The molecule has 0 N–H and O–H groups in total. The van der Waals surface area contributed by atoms with Crippen LogP contribution in [0.3, 0.4) is 0 Å². The Bertz CT molecular complexity index is 725. The highest BCUT2D eigenvalue weighted by Crippen LogP contribution is 2.30. The van der Waals surface area contributed by atoms with E-state index in [-0.39, 0.29) is 0 Å². The highest BCUT2D eigenvalue weighted by atomic mass is 16.1. The Morgan fingerprint density at radius 3 is 2.56 bits per heavy atom. The molecular formula is C16H13NO. The summed E-state index contributed by atoms with van der Waals surface area (Å²) in [7, 11) is 2.03. The molecule has 0 aliphatic rings. The Labute approximate surface area is 105 Å². The molecule has 88 valence electrons. The Hall–Kier alpha value is -2.35. The molecule has 0 unspecified atom stereocenters. The van der Waals surface area contributed by atoms with E-state index in [1.807, 2.05) is 43.6 Å². The van der Waals surface area contributed by atoms with Gasteiger partial charge in [-0.1, -0.05) is 36.4 Å². The molecule has 0 aliphatic carbocycles. The van der Waals surface area contributed by atoms with Gasteiger partial charge in [-0.2, -0.15) is 0 Å². The fourth-order valence-electron chi connectivity index (χ4n) is 2.38. The third kappa shape index (κ3) is 1.54. The van der Waals surface area contributed by atoms with Crippen LogP contribution in [0.4, 0.5) is 0 Å². The van der Waals surface area contributed by atoms with E-state index in [9.17, 15) is 4.79 Å². The van der Waals surface area contributed by atoms with Crippen molar-refractivity contribution >= 4 is 17.2 Å². The van der Waals surface area contributed by atoms with Crippen molar-refractivity contribution in [1.29, 1.82) is 0 Å². The molecule has 0 saturated heterocycles. The molecule has 2 heteroatoms. The Morgan fingerprint density at radius 1 is 0.944 bits per heavy atom. The van der Waals surface area contributed by atoms with Gasteiger partial charge in [-0.25, -0.2) is 0 Å². The summed E-state index contributed by atoms with van der Waals surface area (Å²) in [5, 5.41) is 1.18. The Kier molecular flexibility index (Phi) is 2.49. The van der Waals surface area contributed by atoms with Gasteiger partial charge in [-0.05, 0) is 23.3 Å². The van der Waals surface area contributed by atoms with Crippen LogP contribution >= 0.6 is 0 Å². The summed E-state index contributed by atoms with van der Waals surface area (Å²) in [5.74, 6) is 0. The molecule has 3 rings (SSSR count). The van der Waals surface area contributed by atoms with Crippen molar-refractivity contribution in [3.8, 4) is 11.1 Å². The molecule has 1 heterocycles. The van der Waals surface area contributed by atoms with Crippen LogP contribution in [-0.4, -0.2) is 10.9 Å². The van der Waals surface area contributed by atoms with E-state index in [0.717, 1.165) is 23.0 Å². The van der Waals surface area contributed by atoms with Gasteiger partial charge in [-0.3, -0.25) is 4.79 Å². The van der Waals surface area contributed by atoms with Crippen molar-refractivity contribution in [3.63, 3.8) is 0 Å². The number of nitrogens with zero attached hydrogens (tertiary/aromatic N) is 1. The quantitative estimate of drug-likeness (QED) is 0.621. The number of carbonyl (C=O) groups excluding carboxylic acids is 1. The van der Waals surface area contributed by atoms with Crippen LogP contribution in [0.15, 0.2) is 54.7 Å². The summed E-state index contributed by atoms with van der Waals surface area (Å²) in [6.07, 6.45) is 2.95. The Balaban J connectivity index is 2.35. The molecule has 0 amide bonds. The fraction of sp³-hybridized carbons (Fsp3) is 0.0625. The Morgan fingerprint density at radius 2 is 1.72 bits per heavy atom. The minimum Gasteiger partial charge on any atom is -0.351 e. The first-order valence-corrected chi connectivity index (χ1v) is 5.90. The highest BCUT2D eigenvalue weighted by Gasteiger charge is 2.08. The van der Waals surface area contributed by atoms with Crippen LogP contribution in [0.25, 0.3) is 22.0 Å². The van der Waals surface area contributed by atoms with Gasteiger partial charge in [0.25, 0.3) is 0 Å². The van der Waals surface area contributed by atoms with Crippen LogP contribution in [-0.2, 0) is 7.05 Å². The van der Waals surface area contributed by atoms with Crippen molar-refractivity contribution in [2.24, 2.45) is 7.05 Å². The number of aromatic nitrogens is 1. The maximum absolute atomic E-state index is 11.1. The van der Waals surface area contributed by atoms with E-state index >= 15 is 0 Å². The number of benzene rings is 2. The monoisotopic (exact) mass is 235 g/mol. The molecule has 0 spiro atoms. The average molecular weight is 235 g/mol. The topological polar surface area (TPSA) is 22.0 Å². The standard InChI is InChI=1S/C16H13NO/c1-17-10-9-15-14(7-4-8-16(15)17)13-6-3-2-5-12(13)11-18/h2-11H,1H3. The lowest BCUT2D eigenvalue weighted by Gasteiger charge is -2.07. The normalized spacial score (nSPS) is 10.7. The van der Waals surface area contributed by atoms with Crippen molar-refractivity contribution in [1.82, 2.24) is 4.57 Å². The van der Waals surface area contributed by atoms with E-state index in [4.69, 9.17) is 0 Å². The first-order chi connectivity index (χ1) is 8.81. The second kappa shape index (κ2) is 4.15. The molecule has 2 aromatic carbocycles. The molecule has 0 aliphatic heterocycles. The first kappa shape index (κ1) is 10.8. The summed E-state index contributed by atoms with van der Waals surface area (Å²) in [5.41, 5.74) is 4.00. The van der Waals surface area contributed by atoms with Crippen molar-refractivity contribution < 1.29 is 4.79 Å². The maximum Gasteiger partial charge on any atom is 0.150 e. The number of rotatable bonds is 2. The second-order valence-corrected chi connectivity index (χ2v) is 4.37. The lowest BCUT2D eigenvalue weighted by atomic mass is 9.97. The highest BCUT2D eigenvalue weighted by molar-refractivity contribution is 6.00. The molecule has 0 bridgehead atoms. The molecular weight excluding hydrogens is 222 g/mol. The van der Waals surface area contributed by atoms with Gasteiger partial charge in [0, 0.05) is 29.7 Å². The first-order valence-electron chi connectivity index (χ1n) is 5.90. The fourth-order valence-corrected chi connectivity index (χ4v) is 2.38. The third-order valence-electron chi connectivity index (χ3n) is 3.31. The van der Waals surface area contributed by atoms with E-state index in [0.29, 0.717) is 0 Å². The van der Waals surface area contributed by atoms with E-state index in [2.05, 4.69) is 22.8 Å². The molecule has 18 heavy (non-hydrogen) atoms. The summed E-state index contributed by atoms with van der Waals surface area (Å²) in [6.45, 7) is 0. The molecule has 0 saturated carbocycles. The minimum absolute atomic E-state index is 0.730. The molecule has 0 atom stereocenters. The van der Waals surface area contributed by atoms with Crippen molar-refractivity contribution in [3.05, 3.63) is 60.3 Å². The number of fused-ring (bicyclic) bond motifs is 1. The predicted molar refractivity (Wildman–Crippen MR) is 73.7 cm³/mol. The minimum atomic E-state index is 0.730. The van der Waals surface area contributed by atoms with Crippen molar-refractivity contribution in [2.75, 3.05) is 0 Å². The summed E-state index contributed by atoms with van der Waals surface area (Å²) < 4.78 is 2.09. The number of carbonyl (C=O) groups is 1. The van der Waals surface area contributed by atoms with Gasteiger partial charge in [0.05, 0.1) is 0 Å². The van der Waals surface area contributed by atoms with Gasteiger partial charge in [0.15, 0.2) is 6.29 Å². The number of aldehydes is 1. The molecule has 0 radical (unpaired) electrons. The predicted octanol–water partition coefficient (Wildman–Crippen LogP) is 3.66. The molecule has 2 nitrogen and oxygen atoms in total. The zero-order valence-electron chi connectivity index (χ0n) is 10.1. The average Bonchev–Trinajstić information content (AvgIpc) is 2.81. The zero-order chi connectivity index (χ0) is 12.5. The van der Waals surface area contributed by atoms with Crippen LogP contribution in [0.1, 0.15) is 10.4 Å². The van der Waals surface area contributed by atoms with Gasteiger partial charge in [-0.15, -0.1) is 0 Å². The summed E-state index contributed by atoms with van der Waals surface area (Å²) >= 11 is 0. The van der Waals surface area contributed by atoms with E-state index < -0.39 is 0 Å². The molecule has 0 fully saturated rings. The lowest BCUT2D eigenvalue weighted by molar-refractivity contribution is 0.112. The SMILES string of the molecule is Cn1ccc2c(-c3ccccc3C=O)cccc21. The number of hydrogen-bond donors (Lipinski definition) is 0. The summed E-state index contributed by atoms with van der Waals surface area (Å²) in [6, 6.07) is 16.0. The van der Waals surface area contributed by atoms with Crippen LogP contribution in [0.2, 0.25) is 0 Å². The smallest absolute Gasteiger partial charge is 0.150 e. The summed E-state index contributed by atoms with van der Waals surface area (Å²) in [4.78, 5) is 11.1. The van der Waals surface area contributed by atoms with Gasteiger partial charge in [0.2, 0.25) is 0 Å². The second-order valence-electron chi connectivity index (χ2n) is 4.37. The number of hydrogen-bond acceptors (Lipinski definition) is 1. The third-order valence-corrected chi connectivity index (χ3v) is 3.31. The molecule has 3 aromatic rings. The van der Waals surface area contributed by atoms with Gasteiger partial charge >= 0.3 is 0 Å². The van der Waals surface area contributed by atoms with Gasteiger partial charge < -0.3 is 4.57 Å². The van der Waals surface area contributed by atoms with Crippen LogP contribution < -0.4 is 0 Å². The van der Waals surface area contributed by atoms with Crippen LogP contribution in [0, 0.1) is 0 Å². The maximum atomic E-state index is 11.1. The lowest BCUT2D eigenvalue weighted by Crippen LogP contribution is -1.88. The number of aryl methyl sites for hydroxylation is 1. The van der Waals surface area contributed by atoms with E-state index in [1.165, 1.54) is 10.9 Å². The zero-order valence-corrected chi connectivity index (χ0v) is 10.1.